The van der Waals surface area contributed by atoms with Crippen LogP contribution in [-0.2, 0) is 11.2 Å². The minimum atomic E-state index is -1.13. The highest BCUT2D eigenvalue weighted by atomic mass is 32.2. The van der Waals surface area contributed by atoms with Crippen molar-refractivity contribution in [1.29, 1.82) is 0 Å². The molecule has 0 aliphatic rings. The third kappa shape index (κ3) is 2.38. The molecule has 0 saturated heterocycles. The monoisotopic (exact) mass is 231 g/mol. The van der Waals surface area contributed by atoms with Gasteiger partial charge in [0.05, 0.1) is 7.11 Å². The second-order valence-corrected chi connectivity index (χ2v) is 4.66. The lowest BCUT2D eigenvalue weighted by molar-refractivity contribution is 0.414. The van der Waals surface area contributed by atoms with Gasteiger partial charge in [-0.1, -0.05) is 0 Å². The van der Waals surface area contributed by atoms with E-state index in [0.717, 1.165) is 15.5 Å². The van der Waals surface area contributed by atoms with Gasteiger partial charge in [0.2, 0.25) is 0 Å². The van der Waals surface area contributed by atoms with Crippen LogP contribution in [0.15, 0.2) is 58.3 Å². The fourth-order valence-corrected chi connectivity index (χ4v) is 2.37. The number of ether oxygens (including phenoxy) is 1. The van der Waals surface area contributed by atoms with Crippen LogP contribution < -0.4 is 4.74 Å². The van der Waals surface area contributed by atoms with Gasteiger partial charge in [-0.05, 0) is 54.6 Å². The molecule has 16 heavy (non-hydrogen) atoms. The molecule has 2 rings (SSSR count). The molecule has 0 aromatic heterocycles. The Morgan fingerprint density at radius 1 is 1.00 bits per heavy atom. The number of rotatable bonds is 3. The van der Waals surface area contributed by atoms with Gasteiger partial charge in [0, 0.05) is 11.2 Å². The zero-order chi connectivity index (χ0) is 11.4. The topological polar surface area (TPSA) is 32.3 Å². The third-order valence-electron chi connectivity index (χ3n) is 2.18. The maximum absolute atomic E-state index is 12.1. The van der Waals surface area contributed by atoms with Crippen molar-refractivity contribution in [3.05, 3.63) is 54.6 Å². The highest BCUT2D eigenvalue weighted by molar-refractivity contribution is 7.91. The molecule has 0 amide bonds. The highest BCUT2D eigenvalue weighted by Gasteiger charge is 2.13. The summed E-state index contributed by atoms with van der Waals surface area (Å²) in [5.74, 6) is 0.766. The summed E-state index contributed by atoms with van der Waals surface area (Å²) in [5.41, 5.74) is 0. The first kappa shape index (κ1) is 11.0. The standard InChI is InChI=1S/C13H11O2S/c1-15-11-7-9-13(10-8-11)16(14)12-5-3-2-4-6-12/h3-10H,1H3. The molecule has 0 N–H and O–H groups in total. The van der Waals surface area contributed by atoms with E-state index >= 15 is 0 Å². The first-order valence-corrected chi connectivity index (χ1v) is 5.98. The van der Waals surface area contributed by atoms with E-state index in [9.17, 15) is 4.55 Å². The summed E-state index contributed by atoms with van der Waals surface area (Å²) in [6, 6.07) is 17.3. The number of hydrogen-bond donors (Lipinski definition) is 0. The number of hydrogen-bond acceptors (Lipinski definition) is 2. The van der Waals surface area contributed by atoms with Gasteiger partial charge in [-0.3, -0.25) is 0 Å². The van der Waals surface area contributed by atoms with E-state index in [0.29, 0.717) is 0 Å². The van der Waals surface area contributed by atoms with Crippen LogP contribution in [0.1, 0.15) is 0 Å². The summed E-state index contributed by atoms with van der Waals surface area (Å²) >= 11 is -1.13. The van der Waals surface area contributed by atoms with Crippen molar-refractivity contribution < 1.29 is 9.29 Å². The van der Waals surface area contributed by atoms with Crippen molar-refractivity contribution in [1.82, 2.24) is 0 Å². The largest absolute Gasteiger partial charge is 0.606 e. The van der Waals surface area contributed by atoms with Gasteiger partial charge in [-0.2, -0.15) is 0 Å². The summed E-state index contributed by atoms with van der Waals surface area (Å²) in [7, 11) is 1.61. The molecule has 0 bridgehead atoms. The van der Waals surface area contributed by atoms with Crippen LogP contribution in [0.2, 0.25) is 0 Å². The van der Waals surface area contributed by atoms with Gasteiger partial charge in [-0.15, -0.1) is 0 Å². The predicted octanol–water partition coefficient (Wildman–Crippen LogP) is 2.66. The lowest BCUT2D eigenvalue weighted by Crippen LogP contribution is -2.01. The van der Waals surface area contributed by atoms with Crippen molar-refractivity contribution in [2.45, 2.75) is 9.79 Å². The molecule has 0 aliphatic carbocycles. The minimum absolute atomic E-state index is 0.766. The predicted molar refractivity (Wildman–Crippen MR) is 62.9 cm³/mol. The van der Waals surface area contributed by atoms with E-state index in [2.05, 4.69) is 6.07 Å². The molecule has 1 radical (unpaired) electrons. The molecule has 2 aromatic rings. The molecule has 0 fully saturated rings. The van der Waals surface area contributed by atoms with Crippen LogP contribution >= 0.6 is 0 Å². The Bertz CT molecular complexity index is 439. The third-order valence-corrected chi connectivity index (χ3v) is 3.58. The van der Waals surface area contributed by atoms with Crippen LogP contribution in [-0.4, -0.2) is 11.7 Å². The first-order chi connectivity index (χ1) is 7.81. The summed E-state index contributed by atoms with van der Waals surface area (Å²) in [4.78, 5) is 1.55. The summed E-state index contributed by atoms with van der Waals surface area (Å²) < 4.78 is 17.2. The zero-order valence-corrected chi connectivity index (χ0v) is 9.66. The summed E-state index contributed by atoms with van der Waals surface area (Å²) in [5, 5.41) is 0. The van der Waals surface area contributed by atoms with Gasteiger partial charge >= 0.3 is 0 Å². The SMILES string of the molecule is COc1ccc([S+]([O-])c2cc[c]cc2)cc1. The van der Waals surface area contributed by atoms with Gasteiger partial charge in [0.25, 0.3) is 0 Å². The Balaban J connectivity index is 2.24. The average molecular weight is 231 g/mol. The lowest BCUT2D eigenvalue weighted by atomic mass is 10.3. The van der Waals surface area contributed by atoms with Gasteiger partial charge in [0.15, 0.2) is 9.79 Å². The van der Waals surface area contributed by atoms with Crippen LogP contribution in [0.4, 0.5) is 0 Å². The fraction of sp³-hybridized carbons (Fsp3) is 0.0769. The fourth-order valence-electron chi connectivity index (χ4n) is 1.33. The van der Waals surface area contributed by atoms with E-state index < -0.39 is 11.2 Å². The Morgan fingerprint density at radius 2 is 1.56 bits per heavy atom. The van der Waals surface area contributed by atoms with E-state index in [-0.39, 0.29) is 0 Å². The Labute approximate surface area is 98.1 Å². The maximum atomic E-state index is 12.1. The Morgan fingerprint density at radius 3 is 2.12 bits per heavy atom. The van der Waals surface area contributed by atoms with Gasteiger partial charge in [-0.25, -0.2) is 0 Å². The molecule has 0 spiro atoms. The lowest BCUT2D eigenvalue weighted by Gasteiger charge is -2.09. The van der Waals surface area contributed by atoms with E-state index in [4.69, 9.17) is 4.74 Å². The Hall–Kier alpha value is -1.45. The van der Waals surface area contributed by atoms with Gasteiger partial charge in [0.1, 0.15) is 5.75 Å². The van der Waals surface area contributed by atoms with E-state index in [1.807, 2.05) is 24.3 Å². The highest BCUT2D eigenvalue weighted by Crippen LogP contribution is 2.22. The molecule has 3 heteroatoms. The van der Waals surface area contributed by atoms with Crippen LogP contribution in [0.25, 0.3) is 0 Å². The second kappa shape index (κ2) is 5.05. The molecule has 1 atom stereocenters. The average Bonchev–Trinajstić information content (AvgIpc) is 2.39. The molecule has 0 heterocycles. The first-order valence-electron chi connectivity index (χ1n) is 4.83. The molecule has 2 nitrogen and oxygen atoms in total. The van der Waals surface area contributed by atoms with Crippen LogP contribution in [0, 0.1) is 6.07 Å². The molecule has 0 aliphatic heterocycles. The summed E-state index contributed by atoms with van der Waals surface area (Å²) in [6.45, 7) is 0. The van der Waals surface area contributed by atoms with Crippen molar-refractivity contribution >= 4 is 11.2 Å². The molecule has 1 unspecified atom stereocenters. The number of methoxy groups -OCH3 is 1. The molecular weight excluding hydrogens is 220 g/mol. The van der Waals surface area contributed by atoms with Crippen LogP contribution in [0.3, 0.4) is 0 Å². The quantitative estimate of drug-likeness (QED) is 0.761. The molecule has 0 saturated carbocycles. The van der Waals surface area contributed by atoms with Crippen molar-refractivity contribution in [3.8, 4) is 5.75 Å². The van der Waals surface area contributed by atoms with Crippen LogP contribution in [0.5, 0.6) is 5.75 Å². The molecule has 81 valence electrons. The van der Waals surface area contributed by atoms with E-state index in [1.54, 1.807) is 31.4 Å². The summed E-state index contributed by atoms with van der Waals surface area (Å²) in [6.07, 6.45) is 0. The molecule has 2 aromatic carbocycles. The minimum Gasteiger partial charge on any atom is -0.606 e. The van der Waals surface area contributed by atoms with E-state index in [1.165, 1.54) is 0 Å². The van der Waals surface area contributed by atoms with Crippen molar-refractivity contribution in [3.63, 3.8) is 0 Å². The number of benzene rings is 2. The van der Waals surface area contributed by atoms with Crippen molar-refractivity contribution in [2.75, 3.05) is 7.11 Å². The Kier molecular flexibility index (Phi) is 3.49. The maximum Gasteiger partial charge on any atom is 0.158 e. The zero-order valence-electron chi connectivity index (χ0n) is 8.84. The van der Waals surface area contributed by atoms with Crippen molar-refractivity contribution in [2.24, 2.45) is 0 Å². The normalized spacial score (nSPS) is 12.1. The smallest absolute Gasteiger partial charge is 0.158 e. The second-order valence-electron chi connectivity index (χ2n) is 3.18. The van der Waals surface area contributed by atoms with Gasteiger partial charge < -0.3 is 9.29 Å². The molecular formula is C13H11O2S.